The number of aromatic nitrogens is 1. The van der Waals surface area contributed by atoms with E-state index in [0.717, 1.165) is 38.3 Å². The second-order valence-electron chi connectivity index (χ2n) is 6.34. The van der Waals surface area contributed by atoms with E-state index >= 15 is 0 Å². The standard InChI is InChI=1S/C23H20N2OS/c1-3-25-21(18-11-5-4-6-12-18)16(2)27-23(25)24-22(26)20-15-9-13-17-10-7-8-14-19(17)20/h4-15H,3H2,1-2H3. The number of amides is 1. The summed E-state index contributed by atoms with van der Waals surface area (Å²) < 4.78 is 2.12. The van der Waals surface area contributed by atoms with E-state index in [1.165, 1.54) is 0 Å². The molecule has 0 aliphatic rings. The van der Waals surface area contributed by atoms with Gasteiger partial charge in [-0.2, -0.15) is 4.99 Å². The van der Waals surface area contributed by atoms with Gasteiger partial charge in [-0.1, -0.05) is 66.7 Å². The van der Waals surface area contributed by atoms with E-state index in [1.54, 1.807) is 11.3 Å². The van der Waals surface area contributed by atoms with Crippen molar-refractivity contribution >= 4 is 28.0 Å². The van der Waals surface area contributed by atoms with Crippen LogP contribution in [0.15, 0.2) is 77.8 Å². The second-order valence-corrected chi connectivity index (χ2v) is 7.53. The maximum Gasteiger partial charge on any atom is 0.280 e. The predicted molar refractivity (Wildman–Crippen MR) is 112 cm³/mol. The fourth-order valence-electron chi connectivity index (χ4n) is 3.42. The molecule has 0 saturated heterocycles. The summed E-state index contributed by atoms with van der Waals surface area (Å²) >= 11 is 1.56. The number of thiazole rings is 1. The van der Waals surface area contributed by atoms with Crippen LogP contribution in [0.2, 0.25) is 0 Å². The van der Waals surface area contributed by atoms with Crippen molar-refractivity contribution in [2.45, 2.75) is 20.4 Å². The molecule has 4 rings (SSSR count). The second kappa shape index (κ2) is 7.33. The maximum atomic E-state index is 13.0. The molecule has 0 radical (unpaired) electrons. The highest BCUT2D eigenvalue weighted by Crippen LogP contribution is 2.25. The summed E-state index contributed by atoms with van der Waals surface area (Å²) in [5.74, 6) is -0.199. The minimum absolute atomic E-state index is 0.199. The first-order chi connectivity index (χ1) is 13.2. The number of carbonyl (C=O) groups is 1. The van der Waals surface area contributed by atoms with Crippen molar-refractivity contribution in [3.8, 4) is 11.3 Å². The highest BCUT2D eigenvalue weighted by Gasteiger charge is 2.14. The van der Waals surface area contributed by atoms with Crippen LogP contribution in [-0.4, -0.2) is 10.5 Å². The summed E-state index contributed by atoms with van der Waals surface area (Å²) in [4.78, 5) is 19.4. The highest BCUT2D eigenvalue weighted by molar-refractivity contribution is 7.09. The van der Waals surface area contributed by atoms with E-state index in [9.17, 15) is 4.79 Å². The number of hydrogen-bond donors (Lipinski definition) is 0. The van der Waals surface area contributed by atoms with Gasteiger partial charge in [0.15, 0.2) is 4.80 Å². The fraction of sp³-hybridized carbons (Fsp3) is 0.130. The molecule has 27 heavy (non-hydrogen) atoms. The van der Waals surface area contributed by atoms with Crippen molar-refractivity contribution in [3.63, 3.8) is 0 Å². The fourth-order valence-corrected chi connectivity index (χ4v) is 4.47. The van der Waals surface area contributed by atoms with E-state index in [2.05, 4.69) is 35.5 Å². The number of rotatable bonds is 3. The first kappa shape index (κ1) is 17.4. The third kappa shape index (κ3) is 3.24. The van der Waals surface area contributed by atoms with Crippen LogP contribution >= 0.6 is 11.3 Å². The number of carbonyl (C=O) groups excluding carboxylic acids is 1. The van der Waals surface area contributed by atoms with Crippen molar-refractivity contribution in [3.05, 3.63) is 88.0 Å². The Bertz CT molecular complexity index is 1180. The third-order valence-electron chi connectivity index (χ3n) is 4.66. The van der Waals surface area contributed by atoms with Gasteiger partial charge in [0.1, 0.15) is 0 Å². The molecular formula is C23H20N2OS. The summed E-state index contributed by atoms with van der Waals surface area (Å²) in [5.41, 5.74) is 2.92. The van der Waals surface area contributed by atoms with Gasteiger partial charge >= 0.3 is 0 Å². The quantitative estimate of drug-likeness (QED) is 0.471. The molecule has 3 aromatic carbocycles. The van der Waals surface area contributed by atoms with Crippen LogP contribution in [0.3, 0.4) is 0 Å². The normalized spacial score (nSPS) is 11.9. The molecule has 1 heterocycles. The third-order valence-corrected chi connectivity index (χ3v) is 5.65. The van der Waals surface area contributed by atoms with Crippen LogP contribution in [0.5, 0.6) is 0 Å². The molecule has 0 spiro atoms. The number of fused-ring (bicyclic) bond motifs is 1. The molecule has 0 aliphatic carbocycles. The number of hydrogen-bond acceptors (Lipinski definition) is 2. The average Bonchev–Trinajstić information content (AvgIpc) is 3.02. The molecule has 0 N–H and O–H groups in total. The largest absolute Gasteiger partial charge is 0.316 e. The zero-order valence-electron chi connectivity index (χ0n) is 15.3. The minimum atomic E-state index is -0.199. The molecule has 0 saturated carbocycles. The summed E-state index contributed by atoms with van der Waals surface area (Å²) in [6.45, 7) is 4.93. The highest BCUT2D eigenvalue weighted by atomic mass is 32.1. The Morgan fingerprint density at radius 3 is 2.44 bits per heavy atom. The van der Waals surface area contributed by atoms with Gasteiger partial charge in [0.05, 0.1) is 5.69 Å². The Morgan fingerprint density at radius 1 is 0.963 bits per heavy atom. The van der Waals surface area contributed by atoms with Crippen molar-refractivity contribution in [1.29, 1.82) is 0 Å². The van der Waals surface area contributed by atoms with Crippen LogP contribution in [0.4, 0.5) is 0 Å². The van der Waals surface area contributed by atoms with Crippen LogP contribution < -0.4 is 4.80 Å². The topological polar surface area (TPSA) is 34.4 Å². The Morgan fingerprint density at radius 2 is 1.67 bits per heavy atom. The molecule has 1 amide bonds. The number of benzene rings is 3. The summed E-state index contributed by atoms with van der Waals surface area (Å²) in [5, 5.41) is 1.99. The van der Waals surface area contributed by atoms with E-state index < -0.39 is 0 Å². The van der Waals surface area contributed by atoms with Gasteiger partial charge < -0.3 is 4.57 Å². The van der Waals surface area contributed by atoms with Crippen LogP contribution in [-0.2, 0) is 6.54 Å². The molecule has 0 bridgehead atoms. The van der Waals surface area contributed by atoms with Gasteiger partial charge in [0.25, 0.3) is 5.91 Å². The molecular weight excluding hydrogens is 352 g/mol. The lowest BCUT2D eigenvalue weighted by Crippen LogP contribution is -2.17. The molecule has 0 aliphatic heterocycles. The molecule has 4 heteroatoms. The van der Waals surface area contributed by atoms with Gasteiger partial charge in [-0.3, -0.25) is 4.79 Å². The van der Waals surface area contributed by atoms with Crippen LogP contribution in [0, 0.1) is 6.92 Å². The van der Waals surface area contributed by atoms with E-state index in [4.69, 9.17) is 0 Å². The predicted octanol–water partition coefficient (Wildman–Crippen LogP) is 5.44. The SMILES string of the molecule is CCn1c(-c2ccccc2)c(C)sc1=NC(=O)c1cccc2ccccc12. The molecule has 0 fully saturated rings. The summed E-state index contributed by atoms with van der Waals surface area (Å²) in [7, 11) is 0. The Labute approximate surface area is 162 Å². The van der Waals surface area contributed by atoms with Crippen molar-refractivity contribution in [1.82, 2.24) is 4.57 Å². The summed E-state index contributed by atoms with van der Waals surface area (Å²) in [6.07, 6.45) is 0. The van der Waals surface area contributed by atoms with E-state index in [-0.39, 0.29) is 5.91 Å². The van der Waals surface area contributed by atoms with Gasteiger partial charge in [-0.05, 0) is 36.2 Å². The zero-order valence-corrected chi connectivity index (χ0v) is 16.2. The van der Waals surface area contributed by atoms with Gasteiger partial charge in [-0.25, -0.2) is 0 Å². The van der Waals surface area contributed by atoms with E-state index in [0.29, 0.717) is 5.56 Å². The zero-order chi connectivity index (χ0) is 18.8. The van der Waals surface area contributed by atoms with Gasteiger partial charge in [0, 0.05) is 17.0 Å². The maximum absolute atomic E-state index is 13.0. The molecule has 4 aromatic rings. The number of aryl methyl sites for hydroxylation is 1. The van der Waals surface area contributed by atoms with Crippen molar-refractivity contribution < 1.29 is 4.79 Å². The smallest absolute Gasteiger partial charge is 0.280 e. The van der Waals surface area contributed by atoms with Crippen LogP contribution in [0.1, 0.15) is 22.2 Å². The molecule has 3 nitrogen and oxygen atoms in total. The Hall–Kier alpha value is -2.98. The lowest BCUT2D eigenvalue weighted by molar-refractivity contribution is 0.0999. The number of nitrogens with zero attached hydrogens (tertiary/aromatic N) is 2. The Kier molecular flexibility index (Phi) is 4.73. The van der Waals surface area contributed by atoms with Crippen LogP contribution in [0.25, 0.3) is 22.0 Å². The van der Waals surface area contributed by atoms with Crippen molar-refractivity contribution in [2.75, 3.05) is 0 Å². The lowest BCUT2D eigenvalue weighted by atomic mass is 10.0. The first-order valence-corrected chi connectivity index (χ1v) is 9.83. The van der Waals surface area contributed by atoms with Gasteiger partial charge in [0.2, 0.25) is 0 Å². The molecule has 0 unspecified atom stereocenters. The average molecular weight is 372 g/mol. The minimum Gasteiger partial charge on any atom is -0.316 e. The van der Waals surface area contributed by atoms with Gasteiger partial charge in [-0.15, -0.1) is 11.3 Å². The molecule has 1 aromatic heterocycles. The monoisotopic (exact) mass is 372 g/mol. The van der Waals surface area contributed by atoms with Crippen molar-refractivity contribution in [2.24, 2.45) is 4.99 Å². The molecule has 0 atom stereocenters. The lowest BCUT2D eigenvalue weighted by Gasteiger charge is -2.07. The summed E-state index contributed by atoms with van der Waals surface area (Å²) in [6, 6.07) is 24.0. The molecule has 134 valence electrons. The first-order valence-electron chi connectivity index (χ1n) is 9.01. The van der Waals surface area contributed by atoms with E-state index in [1.807, 2.05) is 60.7 Å². The Balaban J connectivity index is 1.86.